The average Bonchev–Trinajstić information content (AvgIpc) is 3.07. The Hall–Kier alpha value is -2.30. The van der Waals surface area contributed by atoms with Crippen LogP contribution in [0.2, 0.25) is 0 Å². The van der Waals surface area contributed by atoms with Crippen molar-refractivity contribution in [3.8, 4) is 5.75 Å². The molecule has 1 aliphatic rings. The molecule has 1 aromatic heterocycles. The monoisotopic (exact) mass is 327 g/mol. The van der Waals surface area contributed by atoms with Gasteiger partial charge in [0.25, 0.3) is 5.91 Å². The molecule has 1 fully saturated rings. The number of aryl methyl sites for hydroxylation is 3. The van der Waals surface area contributed by atoms with Crippen LogP contribution in [0.25, 0.3) is 0 Å². The number of H-pyrrole nitrogens is 1. The van der Waals surface area contributed by atoms with Crippen molar-refractivity contribution in [1.29, 1.82) is 0 Å². The number of likely N-dealkylation sites (tertiary alicyclic amines) is 1. The predicted octanol–water partition coefficient (Wildman–Crippen LogP) is 3.27. The Morgan fingerprint density at radius 3 is 2.54 bits per heavy atom. The van der Waals surface area contributed by atoms with Crippen LogP contribution in [-0.2, 0) is 6.42 Å². The van der Waals surface area contributed by atoms with Gasteiger partial charge in [-0.15, -0.1) is 0 Å². The Balaban J connectivity index is 1.58. The van der Waals surface area contributed by atoms with E-state index < -0.39 is 0 Å². The summed E-state index contributed by atoms with van der Waals surface area (Å²) < 4.78 is 6.21. The molecular weight excluding hydrogens is 302 g/mol. The maximum atomic E-state index is 12.5. The van der Waals surface area contributed by atoms with E-state index in [1.165, 1.54) is 0 Å². The van der Waals surface area contributed by atoms with Crippen molar-refractivity contribution in [3.05, 3.63) is 46.8 Å². The Bertz CT molecular complexity index is 695. The van der Waals surface area contributed by atoms with Crippen molar-refractivity contribution >= 4 is 5.91 Å². The number of piperidine rings is 1. The third-order valence-corrected chi connectivity index (χ3v) is 4.65. The van der Waals surface area contributed by atoms with E-state index in [9.17, 15) is 4.79 Å². The molecule has 2 aromatic rings. The minimum Gasteiger partial charge on any atom is -0.490 e. The first-order valence-corrected chi connectivity index (χ1v) is 8.65. The van der Waals surface area contributed by atoms with E-state index in [0.717, 1.165) is 41.8 Å². The lowest BCUT2D eigenvalue weighted by molar-refractivity contribution is 0.0587. The Morgan fingerprint density at radius 1 is 1.29 bits per heavy atom. The number of rotatable bonds is 4. The highest BCUT2D eigenvalue weighted by atomic mass is 16.5. The van der Waals surface area contributed by atoms with E-state index in [4.69, 9.17) is 4.74 Å². The summed E-state index contributed by atoms with van der Waals surface area (Å²) in [5, 5.41) is 7.03. The minimum absolute atomic E-state index is 0.0106. The fraction of sp³-hybridized carbons (Fsp3) is 0.474. The summed E-state index contributed by atoms with van der Waals surface area (Å²) in [6, 6.07) is 8.04. The second-order valence-electron chi connectivity index (χ2n) is 6.46. The number of hydrogen-bond donors (Lipinski definition) is 1. The normalized spacial score (nSPS) is 15.5. The highest BCUT2D eigenvalue weighted by Gasteiger charge is 2.26. The standard InChI is InChI=1S/C19H25N3O2/c1-4-15-12-17(21-20-15)19(23)22-10-8-16(9-11-22)24-18-13(2)6-5-7-14(18)3/h5-7,12,16H,4,8-11H2,1-3H3,(H,20,21). The molecule has 0 bridgehead atoms. The SMILES string of the molecule is CCc1cc(C(=O)N2CCC(Oc3c(C)cccc3C)CC2)n[nH]1. The molecule has 0 aliphatic carbocycles. The van der Waals surface area contributed by atoms with Gasteiger partial charge in [-0.25, -0.2) is 0 Å². The van der Waals surface area contributed by atoms with Crippen molar-refractivity contribution < 1.29 is 9.53 Å². The quantitative estimate of drug-likeness (QED) is 0.937. The van der Waals surface area contributed by atoms with Gasteiger partial charge in [-0.1, -0.05) is 25.1 Å². The molecule has 0 saturated carbocycles. The summed E-state index contributed by atoms with van der Waals surface area (Å²) in [4.78, 5) is 14.4. The van der Waals surface area contributed by atoms with Crippen LogP contribution in [-0.4, -0.2) is 40.2 Å². The topological polar surface area (TPSA) is 58.2 Å². The molecule has 0 spiro atoms. The molecule has 5 nitrogen and oxygen atoms in total. The van der Waals surface area contributed by atoms with Crippen LogP contribution < -0.4 is 4.74 Å². The van der Waals surface area contributed by atoms with Gasteiger partial charge < -0.3 is 9.64 Å². The number of benzene rings is 1. The molecule has 2 heterocycles. The van der Waals surface area contributed by atoms with Crippen LogP contribution in [0.3, 0.4) is 0 Å². The van der Waals surface area contributed by atoms with Crippen LogP contribution in [0.5, 0.6) is 5.75 Å². The molecule has 1 amide bonds. The van der Waals surface area contributed by atoms with Gasteiger partial charge in [0, 0.05) is 31.6 Å². The molecule has 3 rings (SSSR count). The van der Waals surface area contributed by atoms with Crippen molar-refractivity contribution in [2.24, 2.45) is 0 Å². The zero-order chi connectivity index (χ0) is 17.1. The second-order valence-corrected chi connectivity index (χ2v) is 6.46. The van der Waals surface area contributed by atoms with Gasteiger partial charge in [0.05, 0.1) is 0 Å². The molecule has 24 heavy (non-hydrogen) atoms. The molecule has 1 aliphatic heterocycles. The van der Waals surface area contributed by atoms with Crippen molar-refractivity contribution in [2.45, 2.75) is 46.1 Å². The van der Waals surface area contributed by atoms with E-state index in [0.29, 0.717) is 18.8 Å². The molecule has 0 radical (unpaired) electrons. The number of hydrogen-bond acceptors (Lipinski definition) is 3. The smallest absolute Gasteiger partial charge is 0.274 e. The van der Waals surface area contributed by atoms with Crippen LogP contribution in [0.4, 0.5) is 0 Å². The average molecular weight is 327 g/mol. The number of carbonyl (C=O) groups is 1. The molecule has 1 saturated heterocycles. The fourth-order valence-corrected chi connectivity index (χ4v) is 3.14. The number of aromatic amines is 1. The predicted molar refractivity (Wildman–Crippen MR) is 93.4 cm³/mol. The maximum absolute atomic E-state index is 12.5. The molecule has 1 aromatic carbocycles. The van der Waals surface area contributed by atoms with E-state index in [1.54, 1.807) is 0 Å². The van der Waals surface area contributed by atoms with Gasteiger partial charge in [0.2, 0.25) is 0 Å². The van der Waals surface area contributed by atoms with Crippen molar-refractivity contribution in [1.82, 2.24) is 15.1 Å². The molecule has 1 N–H and O–H groups in total. The summed E-state index contributed by atoms with van der Waals surface area (Å²) in [7, 11) is 0. The molecular formula is C19H25N3O2. The number of para-hydroxylation sites is 1. The van der Waals surface area contributed by atoms with Crippen LogP contribution in [0.1, 0.15) is 47.1 Å². The van der Waals surface area contributed by atoms with E-state index in [2.05, 4.69) is 36.2 Å². The first-order chi connectivity index (χ1) is 11.6. The van der Waals surface area contributed by atoms with E-state index in [1.807, 2.05) is 24.0 Å². The van der Waals surface area contributed by atoms with Gasteiger partial charge >= 0.3 is 0 Å². The summed E-state index contributed by atoms with van der Waals surface area (Å²) in [6.45, 7) is 7.61. The van der Waals surface area contributed by atoms with Gasteiger partial charge in [-0.2, -0.15) is 5.10 Å². The number of nitrogens with zero attached hydrogens (tertiary/aromatic N) is 2. The van der Waals surface area contributed by atoms with E-state index in [-0.39, 0.29) is 12.0 Å². The number of carbonyl (C=O) groups excluding carboxylic acids is 1. The zero-order valence-electron chi connectivity index (χ0n) is 14.6. The lowest BCUT2D eigenvalue weighted by Gasteiger charge is -2.32. The summed E-state index contributed by atoms with van der Waals surface area (Å²) in [5.74, 6) is 0.999. The van der Waals surface area contributed by atoms with Gasteiger partial charge in [-0.3, -0.25) is 9.89 Å². The largest absolute Gasteiger partial charge is 0.490 e. The molecule has 0 unspecified atom stereocenters. The Labute approximate surface area is 143 Å². The molecule has 5 heteroatoms. The first kappa shape index (κ1) is 16.6. The second kappa shape index (κ2) is 7.07. The summed E-state index contributed by atoms with van der Waals surface area (Å²) >= 11 is 0. The van der Waals surface area contributed by atoms with Crippen LogP contribution >= 0.6 is 0 Å². The third kappa shape index (κ3) is 3.45. The fourth-order valence-electron chi connectivity index (χ4n) is 3.14. The lowest BCUT2D eigenvalue weighted by Crippen LogP contribution is -2.42. The van der Waals surface area contributed by atoms with Gasteiger partial charge in [0.1, 0.15) is 17.5 Å². The van der Waals surface area contributed by atoms with Crippen LogP contribution in [0.15, 0.2) is 24.3 Å². The number of ether oxygens (including phenoxy) is 1. The number of nitrogens with one attached hydrogen (secondary N) is 1. The Kier molecular flexibility index (Phi) is 4.88. The maximum Gasteiger partial charge on any atom is 0.274 e. The summed E-state index contributed by atoms with van der Waals surface area (Å²) in [5.41, 5.74) is 3.84. The van der Waals surface area contributed by atoms with Gasteiger partial charge in [0.15, 0.2) is 0 Å². The highest BCUT2D eigenvalue weighted by Crippen LogP contribution is 2.26. The van der Waals surface area contributed by atoms with Crippen LogP contribution in [0, 0.1) is 13.8 Å². The zero-order valence-corrected chi connectivity index (χ0v) is 14.6. The van der Waals surface area contributed by atoms with Crippen molar-refractivity contribution in [2.75, 3.05) is 13.1 Å². The number of aromatic nitrogens is 2. The highest BCUT2D eigenvalue weighted by molar-refractivity contribution is 5.92. The van der Waals surface area contributed by atoms with Crippen molar-refractivity contribution in [3.63, 3.8) is 0 Å². The van der Waals surface area contributed by atoms with Gasteiger partial charge in [-0.05, 0) is 37.5 Å². The van der Waals surface area contributed by atoms with E-state index >= 15 is 0 Å². The minimum atomic E-state index is 0.0106. The third-order valence-electron chi connectivity index (χ3n) is 4.65. The number of amides is 1. The molecule has 0 atom stereocenters. The first-order valence-electron chi connectivity index (χ1n) is 8.65. The Morgan fingerprint density at radius 2 is 1.96 bits per heavy atom. The lowest BCUT2D eigenvalue weighted by atomic mass is 10.1. The molecule has 128 valence electrons. The summed E-state index contributed by atoms with van der Waals surface area (Å²) in [6.07, 6.45) is 2.72.